The van der Waals surface area contributed by atoms with Crippen molar-refractivity contribution >= 4 is 27.7 Å². The zero-order chi connectivity index (χ0) is 25.4. The summed E-state index contributed by atoms with van der Waals surface area (Å²) in [5.41, 5.74) is 0.561. The van der Waals surface area contributed by atoms with E-state index in [-0.39, 0.29) is 23.7 Å². The first-order valence-corrected chi connectivity index (χ1v) is 12.2. The maximum absolute atomic E-state index is 12.8. The Kier molecular flexibility index (Phi) is 9.28. The monoisotopic (exact) mass is 489 g/mol. The molecule has 1 heterocycles. The van der Waals surface area contributed by atoms with Crippen molar-refractivity contribution in [2.24, 2.45) is 0 Å². The molecule has 0 aliphatic heterocycles. The number of hydrogen-bond acceptors (Lipinski definition) is 6. The summed E-state index contributed by atoms with van der Waals surface area (Å²) in [5, 5.41) is 7.89. The molecule has 34 heavy (non-hydrogen) atoms. The molecule has 1 atom stereocenters. The molecule has 0 spiro atoms. The number of nitrogens with one attached hydrogen (secondary N) is 4. The molecule has 4 N–H and O–H groups in total. The molecule has 184 valence electrons. The van der Waals surface area contributed by atoms with Crippen molar-refractivity contribution in [3.63, 3.8) is 0 Å². The molecule has 0 radical (unpaired) electrons. The summed E-state index contributed by atoms with van der Waals surface area (Å²) in [6.45, 7) is 7.28. The van der Waals surface area contributed by atoms with Gasteiger partial charge in [-0.25, -0.2) is 8.42 Å². The van der Waals surface area contributed by atoms with Gasteiger partial charge in [-0.05, 0) is 52.0 Å². The molecule has 1 aromatic carbocycles. The second-order valence-electron chi connectivity index (χ2n) is 8.75. The van der Waals surface area contributed by atoms with E-state index in [1.807, 2.05) is 6.92 Å². The zero-order valence-corrected chi connectivity index (χ0v) is 20.5. The summed E-state index contributed by atoms with van der Waals surface area (Å²) in [6.07, 6.45) is 1.10. The maximum Gasteiger partial charge on any atom is 0.269 e. The highest BCUT2D eigenvalue weighted by Crippen LogP contribution is 2.12. The number of hydrogen-bond donors (Lipinski definition) is 4. The number of rotatable bonds is 10. The molecule has 3 amide bonds. The van der Waals surface area contributed by atoms with Gasteiger partial charge in [-0.2, -0.15) is 4.72 Å². The Bertz CT molecular complexity index is 1100. The van der Waals surface area contributed by atoms with Crippen LogP contribution in [0.4, 0.5) is 0 Å². The first-order chi connectivity index (χ1) is 15.9. The Balaban J connectivity index is 2.03. The van der Waals surface area contributed by atoms with Crippen molar-refractivity contribution in [2.45, 2.75) is 50.6 Å². The van der Waals surface area contributed by atoms with Crippen LogP contribution in [0.3, 0.4) is 0 Å². The molecule has 2 rings (SSSR count). The molecule has 0 unspecified atom stereocenters. The third-order valence-corrected chi connectivity index (χ3v) is 5.94. The van der Waals surface area contributed by atoms with E-state index >= 15 is 0 Å². The summed E-state index contributed by atoms with van der Waals surface area (Å²) >= 11 is 0. The standard InChI is InChI=1S/C23H31N5O5S/c1-16-8-10-17(11-9-16)34(32,33)28-19(15-20(29)27-23(2,3)4)22(31)26-14-13-25-21(30)18-7-5-6-12-24-18/h5-12,19,28H,13-15H2,1-4H3,(H,25,30)(H,26,31)(H,27,29)/t19-/m0/s1. The summed E-state index contributed by atoms with van der Waals surface area (Å²) in [5.74, 6) is -1.58. The number of benzene rings is 1. The summed E-state index contributed by atoms with van der Waals surface area (Å²) in [6, 6.07) is 9.70. The van der Waals surface area contributed by atoms with Crippen LogP contribution in [0.5, 0.6) is 0 Å². The van der Waals surface area contributed by atoms with Crippen LogP contribution in [-0.4, -0.2) is 55.8 Å². The minimum absolute atomic E-state index is 0.0187. The highest BCUT2D eigenvalue weighted by atomic mass is 32.2. The molecule has 0 aliphatic carbocycles. The van der Waals surface area contributed by atoms with Crippen LogP contribution in [0.1, 0.15) is 43.2 Å². The van der Waals surface area contributed by atoms with Gasteiger partial charge in [0.2, 0.25) is 21.8 Å². The molecule has 0 aliphatic rings. The number of aromatic nitrogens is 1. The second kappa shape index (κ2) is 11.7. The first kappa shape index (κ1) is 26.9. The third-order valence-electron chi connectivity index (χ3n) is 4.46. The van der Waals surface area contributed by atoms with E-state index in [0.717, 1.165) is 5.56 Å². The average Bonchev–Trinajstić information content (AvgIpc) is 2.75. The Morgan fingerprint density at radius 3 is 2.21 bits per heavy atom. The number of amides is 3. The smallest absolute Gasteiger partial charge is 0.269 e. The lowest BCUT2D eigenvalue weighted by molar-refractivity contribution is -0.128. The number of nitrogens with zero attached hydrogens (tertiary/aromatic N) is 1. The van der Waals surface area contributed by atoms with E-state index in [2.05, 4.69) is 25.7 Å². The van der Waals surface area contributed by atoms with E-state index in [1.165, 1.54) is 18.3 Å². The van der Waals surface area contributed by atoms with Gasteiger partial charge in [0.05, 0.1) is 11.3 Å². The van der Waals surface area contributed by atoms with Crippen molar-refractivity contribution < 1.29 is 22.8 Å². The fraction of sp³-hybridized carbons (Fsp3) is 0.391. The van der Waals surface area contributed by atoms with Crippen LogP contribution in [0.25, 0.3) is 0 Å². The molecule has 11 heteroatoms. The lowest BCUT2D eigenvalue weighted by Crippen LogP contribution is -2.51. The Hall–Kier alpha value is -3.31. The predicted octanol–water partition coefficient (Wildman–Crippen LogP) is 0.888. The molecular weight excluding hydrogens is 458 g/mol. The van der Waals surface area contributed by atoms with Gasteiger partial charge in [0, 0.05) is 24.8 Å². The number of carbonyl (C=O) groups excluding carboxylic acids is 3. The molecule has 0 fully saturated rings. The Labute approximate surface area is 200 Å². The van der Waals surface area contributed by atoms with E-state index in [4.69, 9.17) is 0 Å². The molecule has 0 saturated heterocycles. The van der Waals surface area contributed by atoms with Crippen molar-refractivity contribution in [1.29, 1.82) is 0 Å². The Morgan fingerprint density at radius 1 is 0.971 bits per heavy atom. The van der Waals surface area contributed by atoms with Gasteiger partial charge in [-0.3, -0.25) is 19.4 Å². The van der Waals surface area contributed by atoms with E-state index in [9.17, 15) is 22.8 Å². The van der Waals surface area contributed by atoms with Crippen molar-refractivity contribution in [2.75, 3.05) is 13.1 Å². The summed E-state index contributed by atoms with van der Waals surface area (Å²) < 4.78 is 28.0. The fourth-order valence-corrected chi connectivity index (χ4v) is 4.08. The molecule has 2 aromatic rings. The minimum atomic E-state index is -4.06. The van der Waals surface area contributed by atoms with Crippen LogP contribution in [0, 0.1) is 6.92 Å². The van der Waals surface area contributed by atoms with E-state index in [0.29, 0.717) is 0 Å². The summed E-state index contributed by atoms with van der Waals surface area (Å²) in [4.78, 5) is 41.2. The largest absolute Gasteiger partial charge is 0.353 e. The highest BCUT2D eigenvalue weighted by Gasteiger charge is 2.29. The third kappa shape index (κ3) is 8.91. The van der Waals surface area contributed by atoms with Gasteiger partial charge < -0.3 is 16.0 Å². The number of pyridine rings is 1. The van der Waals surface area contributed by atoms with Gasteiger partial charge in [0.1, 0.15) is 11.7 Å². The SMILES string of the molecule is Cc1ccc(S(=O)(=O)N[C@@H](CC(=O)NC(C)(C)C)C(=O)NCCNC(=O)c2ccccn2)cc1. The predicted molar refractivity (Wildman–Crippen MR) is 127 cm³/mol. The molecule has 0 saturated carbocycles. The quantitative estimate of drug-likeness (QED) is 0.365. The van der Waals surface area contributed by atoms with Crippen LogP contribution >= 0.6 is 0 Å². The van der Waals surface area contributed by atoms with Gasteiger partial charge in [-0.1, -0.05) is 23.8 Å². The fourth-order valence-electron chi connectivity index (χ4n) is 2.89. The number of sulfonamides is 1. The van der Waals surface area contributed by atoms with Crippen molar-refractivity contribution in [3.8, 4) is 0 Å². The first-order valence-electron chi connectivity index (χ1n) is 10.7. The van der Waals surface area contributed by atoms with Crippen LogP contribution in [-0.2, 0) is 19.6 Å². The average molecular weight is 490 g/mol. The summed E-state index contributed by atoms with van der Waals surface area (Å²) in [7, 11) is -4.06. The highest BCUT2D eigenvalue weighted by molar-refractivity contribution is 7.89. The molecular formula is C23H31N5O5S. The zero-order valence-electron chi connectivity index (χ0n) is 19.7. The Morgan fingerprint density at radius 2 is 1.62 bits per heavy atom. The molecule has 1 aromatic heterocycles. The van der Waals surface area contributed by atoms with Crippen LogP contribution in [0.2, 0.25) is 0 Å². The topological polar surface area (TPSA) is 146 Å². The van der Waals surface area contributed by atoms with E-state index in [1.54, 1.807) is 51.1 Å². The molecule has 0 bridgehead atoms. The van der Waals surface area contributed by atoms with Gasteiger partial charge >= 0.3 is 0 Å². The van der Waals surface area contributed by atoms with Gasteiger partial charge in [-0.15, -0.1) is 0 Å². The minimum Gasteiger partial charge on any atom is -0.353 e. The lowest BCUT2D eigenvalue weighted by Gasteiger charge is -2.23. The van der Waals surface area contributed by atoms with Gasteiger partial charge in [0.15, 0.2) is 0 Å². The second-order valence-corrected chi connectivity index (χ2v) is 10.5. The maximum atomic E-state index is 12.8. The van der Waals surface area contributed by atoms with E-state index < -0.39 is 45.7 Å². The van der Waals surface area contributed by atoms with Gasteiger partial charge in [0.25, 0.3) is 5.91 Å². The molecule has 10 nitrogen and oxygen atoms in total. The van der Waals surface area contributed by atoms with Crippen molar-refractivity contribution in [1.82, 2.24) is 25.7 Å². The lowest BCUT2D eigenvalue weighted by atomic mass is 10.1. The van der Waals surface area contributed by atoms with Crippen molar-refractivity contribution in [3.05, 3.63) is 59.9 Å². The van der Waals surface area contributed by atoms with Crippen LogP contribution < -0.4 is 20.7 Å². The normalized spacial score (nSPS) is 12.5. The number of carbonyl (C=O) groups is 3. The van der Waals surface area contributed by atoms with Crippen LogP contribution in [0.15, 0.2) is 53.6 Å². The number of aryl methyl sites for hydroxylation is 1.